The van der Waals surface area contributed by atoms with Crippen molar-refractivity contribution in [2.45, 2.75) is 50.3 Å². The number of rotatable bonds is 4. The Labute approximate surface area is 126 Å². The van der Waals surface area contributed by atoms with Crippen molar-refractivity contribution in [1.82, 2.24) is 0 Å². The Kier molecular flexibility index (Phi) is 3.69. The van der Waals surface area contributed by atoms with E-state index in [1.165, 1.54) is 12.3 Å². The highest BCUT2D eigenvalue weighted by atomic mass is 32.2. The van der Waals surface area contributed by atoms with Crippen LogP contribution in [-0.2, 0) is 26.5 Å². The van der Waals surface area contributed by atoms with Crippen LogP contribution in [0, 0.1) is 5.41 Å². The van der Waals surface area contributed by atoms with Crippen LogP contribution in [0.1, 0.15) is 44.7 Å². The minimum absolute atomic E-state index is 0.0422. The zero-order valence-corrected chi connectivity index (χ0v) is 13.8. The smallest absolute Gasteiger partial charge is 0.314 e. The zero-order chi connectivity index (χ0) is 16.1. The van der Waals surface area contributed by atoms with Crippen molar-refractivity contribution in [3.8, 4) is 0 Å². The molecule has 0 bridgehead atoms. The van der Waals surface area contributed by atoms with Gasteiger partial charge in [0.05, 0.1) is 10.3 Å². The number of hydrogen-bond acceptors (Lipinski definition) is 3. The number of aliphatic carboxylic acids is 1. The Morgan fingerprint density at radius 2 is 1.86 bits per heavy atom. The molecule has 1 aliphatic rings. The topological polar surface area (TPSA) is 71.4 Å². The minimum atomic E-state index is -3.29. The molecule has 0 atom stereocenters. The monoisotopic (exact) mass is 310 g/mol. The molecule has 1 saturated carbocycles. The van der Waals surface area contributed by atoms with Gasteiger partial charge >= 0.3 is 5.97 Å². The molecule has 0 radical (unpaired) electrons. The van der Waals surface area contributed by atoms with E-state index >= 15 is 0 Å². The largest absolute Gasteiger partial charge is 0.481 e. The lowest BCUT2D eigenvalue weighted by atomic mass is 9.82. The molecule has 0 amide bonds. The second-order valence-electron chi connectivity index (χ2n) is 7.22. The number of hydrogen-bond donors (Lipinski definition) is 1. The highest BCUT2D eigenvalue weighted by molar-refractivity contribution is 7.90. The molecular weight excluding hydrogens is 288 g/mol. The van der Waals surface area contributed by atoms with Gasteiger partial charge < -0.3 is 5.11 Å². The molecule has 0 saturated heterocycles. The third-order valence-electron chi connectivity index (χ3n) is 3.90. The molecular formula is C16H22O4S. The molecule has 4 nitrogen and oxygen atoms in total. The average Bonchev–Trinajstić information content (AvgIpc) is 3.06. The van der Waals surface area contributed by atoms with E-state index in [1.54, 1.807) is 12.1 Å². The van der Waals surface area contributed by atoms with Crippen LogP contribution in [0.3, 0.4) is 0 Å². The van der Waals surface area contributed by atoms with Gasteiger partial charge in [-0.05, 0) is 47.9 Å². The summed E-state index contributed by atoms with van der Waals surface area (Å²) >= 11 is 0. The molecule has 2 rings (SSSR count). The molecule has 21 heavy (non-hydrogen) atoms. The second-order valence-corrected chi connectivity index (χ2v) is 9.23. The number of sulfone groups is 1. The summed E-state index contributed by atoms with van der Waals surface area (Å²) in [5.74, 6) is -0.815. The molecule has 1 aromatic carbocycles. The summed E-state index contributed by atoms with van der Waals surface area (Å²) in [7, 11) is -3.29. The minimum Gasteiger partial charge on any atom is -0.481 e. The maximum absolute atomic E-state index is 11.7. The third-order valence-corrected chi connectivity index (χ3v) is 5.01. The normalized spacial score (nSPS) is 17.5. The van der Waals surface area contributed by atoms with Crippen LogP contribution in [0.4, 0.5) is 0 Å². The highest BCUT2D eigenvalue weighted by Gasteiger charge is 2.52. The van der Waals surface area contributed by atoms with Gasteiger partial charge in [-0.1, -0.05) is 26.8 Å². The quantitative estimate of drug-likeness (QED) is 0.928. The maximum Gasteiger partial charge on any atom is 0.314 e. The first-order chi connectivity index (χ1) is 9.46. The van der Waals surface area contributed by atoms with Gasteiger partial charge in [0.15, 0.2) is 9.84 Å². The first-order valence-corrected chi connectivity index (χ1v) is 8.92. The van der Waals surface area contributed by atoms with Crippen molar-refractivity contribution in [1.29, 1.82) is 0 Å². The summed E-state index contributed by atoms with van der Waals surface area (Å²) in [5, 5.41) is 9.49. The van der Waals surface area contributed by atoms with E-state index in [4.69, 9.17) is 0 Å². The molecule has 1 N–H and O–H groups in total. The van der Waals surface area contributed by atoms with Gasteiger partial charge in [-0.15, -0.1) is 0 Å². The summed E-state index contributed by atoms with van der Waals surface area (Å²) in [4.78, 5) is 11.8. The van der Waals surface area contributed by atoms with Crippen molar-refractivity contribution < 1.29 is 18.3 Å². The van der Waals surface area contributed by atoms with Gasteiger partial charge in [-0.3, -0.25) is 4.79 Å². The standard InChI is InChI=1S/C16H22O4S/c1-15(2,3)10-11-9-12(21(4,19)20)5-6-13(11)16(7-8-16)14(17)18/h5-6,9H,7-8,10H2,1-4H3,(H,17,18). The van der Waals surface area contributed by atoms with E-state index in [-0.39, 0.29) is 10.3 Å². The Balaban J connectivity index is 2.58. The van der Waals surface area contributed by atoms with Crippen LogP contribution in [-0.4, -0.2) is 25.7 Å². The fourth-order valence-corrected chi connectivity index (χ4v) is 3.38. The summed E-state index contributed by atoms with van der Waals surface area (Å²) < 4.78 is 23.5. The lowest BCUT2D eigenvalue weighted by Gasteiger charge is -2.23. The van der Waals surface area contributed by atoms with Crippen LogP contribution in [0.5, 0.6) is 0 Å². The average molecular weight is 310 g/mol. The Morgan fingerprint density at radius 3 is 2.24 bits per heavy atom. The molecule has 1 fully saturated rings. The Bertz CT molecular complexity index is 677. The number of benzene rings is 1. The van der Waals surface area contributed by atoms with Crippen molar-refractivity contribution in [2.75, 3.05) is 6.26 Å². The first-order valence-electron chi connectivity index (χ1n) is 7.03. The summed E-state index contributed by atoms with van der Waals surface area (Å²) in [6, 6.07) is 4.87. The van der Waals surface area contributed by atoms with Crippen LogP contribution in [0.15, 0.2) is 23.1 Å². The van der Waals surface area contributed by atoms with Crippen LogP contribution < -0.4 is 0 Å². The van der Waals surface area contributed by atoms with Gasteiger partial charge in [0.1, 0.15) is 0 Å². The zero-order valence-electron chi connectivity index (χ0n) is 12.9. The summed E-state index contributed by atoms with van der Waals surface area (Å²) in [6.45, 7) is 6.18. The lowest BCUT2D eigenvalue weighted by Crippen LogP contribution is -2.23. The Morgan fingerprint density at radius 1 is 1.29 bits per heavy atom. The van der Waals surface area contributed by atoms with E-state index < -0.39 is 21.2 Å². The predicted octanol–water partition coefficient (Wildman–Crippen LogP) is 2.79. The molecule has 1 aliphatic carbocycles. The van der Waals surface area contributed by atoms with Crippen molar-refractivity contribution >= 4 is 15.8 Å². The van der Waals surface area contributed by atoms with E-state index in [0.29, 0.717) is 19.3 Å². The van der Waals surface area contributed by atoms with Crippen molar-refractivity contribution in [2.24, 2.45) is 5.41 Å². The predicted molar refractivity (Wildman–Crippen MR) is 81.3 cm³/mol. The summed E-state index contributed by atoms with van der Waals surface area (Å²) in [6.07, 6.45) is 3.07. The third kappa shape index (κ3) is 3.28. The van der Waals surface area contributed by atoms with E-state index in [1.807, 2.05) is 0 Å². The van der Waals surface area contributed by atoms with Gasteiger partial charge in [-0.25, -0.2) is 8.42 Å². The molecule has 116 valence electrons. The lowest BCUT2D eigenvalue weighted by molar-refractivity contribution is -0.140. The second kappa shape index (κ2) is 4.83. The number of carboxylic acid groups (broad SMARTS) is 1. The maximum atomic E-state index is 11.7. The highest BCUT2D eigenvalue weighted by Crippen LogP contribution is 2.50. The summed E-state index contributed by atoms with van der Waals surface area (Å²) in [5.41, 5.74) is 0.762. The van der Waals surface area contributed by atoms with E-state index in [9.17, 15) is 18.3 Å². The van der Waals surface area contributed by atoms with Crippen molar-refractivity contribution in [3.05, 3.63) is 29.3 Å². The van der Waals surface area contributed by atoms with Crippen LogP contribution >= 0.6 is 0 Å². The molecule has 1 aromatic rings. The van der Waals surface area contributed by atoms with Crippen LogP contribution in [0.25, 0.3) is 0 Å². The van der Waals surface area contributed by atoms with Crippen molar-refractivity contribution in [3.63, 3.8) is 0 Å². The fourth-order valence-electron chi connectivity index (χ4n) is 2.71. The SMILES string of the molecule is CC(C)(C)Cc1cc(S(C)(=O)=O)ccc1C1(C(=O)O)CC1. The van der Waals surface area contributed by atoms with Gasteiger partial charge in [0.25, 0.3) is 0 Å². The molecule has 0 aliphatic heterocycles. The molecule has 0 aromatic heterocycles. The molecule has 0 heterocycles. The number of carbonyl (C=O) groups is 1. The molecule has 0 spiro atoms. The fraction of sp³-hybridized carbons (Fsp3) is 0.562. The van der Waals surface area contributed by atoms with E-state index in [2.05, 4.69) is 20.8 Å². The van der Waals surface area contributed by atoms with Gasteiger partial charge in [-0.2, -0.15) is 0 Å². The molecule has 0 unspecified atom stereocenters. The van der Waals surface area contributed by atoms with Crippen LogP contribution in [0.2, 0.25) is 0 Å². The first kappa shape index (κ1) is 16.0. The molecule has 5 heteroatoms. The van der Waals surface area contributed by atoms with Gasteiger partial charge in [0.2, 0.25) is 0 Å². The number of carboxylic acids is 1. The Hall–Kier alpha value is -1.36. The van der Waals surface area contributed by atoms with Gasteiger partial charge in [0, 0.05) is 6.26 Å². The van der Waals surface area contributed by atoms with E-state index in [0.717, 1.165) is 11.1 Å².